The third-order valence-electron chi connectivity index (χ3n) is 3.52. The Bertz CT molecular complexity index is 612. The lowest BCUT2D eigenvalue weighted by Gasteiger charge is -2.23. The van der Waals surface area contributed by atoms with Gasteiger partial charge in [-0.3, -0.25) is 0 Å². The summed E-state index contributed by atoms with van der Waals surface area (Å²) in [7, 11) is 0. The molecule has 1 aliphatic rings. The van der Waals surface area contributed by atoms with Gasteiger partial charge in [0.2, 0.25) is 0 Å². The summed E-state index contributed by atoms with van der Waals surface area (Å²) in [6.07, 6.45) is 2.06. The van der Waals surface area contributed by atoms with Crippen LogP contribution in [0.25, 0.3) is 5.78 Å². The molecule has 0 spiro atoms. The molecule has 0 amide bonds. The predicted molar refractivity (Wildman–Crippen MR) is 60.1 cm³/mol. The summed E-state index contributed by atoms with van der Waals surface area (Å²) in [5, 5.41) is 3.41. The van der Waals surface area contributed by atoms with Gasteiger partial charge in [-0.25, -0.2) is 9.50 Å². The lowest BCUT2D eigenvalue weighted by Crippen LogP contribution is -2.33. The van der Waals surface area contributed by atoms with E-state index < -0.39 is 17.5 Å². The summed E-state index contributed by atoms with van der Waals surface area (Å²) >= 11 is 0. The second-order valence-corrected chi connectivity index (χ2v) is 4.88. The van der Waals surface area contributed by atoms with Gasteiger partial charge >= 0.3 is 6.18 Å². The minimum absolute atomic E-state index is 0.0716. The third kappa shape index (κ3) is 2.05. The van der Waals surface area contributed by atoms with Gasteiger partial charge in [-0.2, -0.15) is 18.2 Å². The standard InChI is InChI=1S/C11H12F3N5/c12-11(13,14)8-17-9-16-5-7(6-19(9)18-8)10(15)3-1-2-4-10/h5-6H,1-4,15H2. The molecule has 2 aromatic rings. The van der Waals surface area contributed by atoms with Crippen LogP contribution < -0.4 is 5.73 Å². The summed E-state index contributed by atoms with van der Waals surface area (Å²) in [6, 6.07) is 0. The zero-order valence-corrected chi connectivity index (χ0v) is 9.98. The Morgan fingerprint density at radius 2 is 1.95 bits per heavy atom. The average molecular weight is 271 g/mol. The summed E-state index contributed by atoms with van der Waals surface area (Å²) in [5.74, 6) is -1.26. The number of aromatic nitrogens is 4. The highest BCUT2D eigenvalue weighted by molar-refractivity contribution is 5.31. The number of alkyl halides is 3. The van der Waals surface area contributed by atoms with Crippen molar-refractivity contribution in [2.45, 2.75) is 37.4 Å². The third-order valence-corrected chi connectivity index (χ3v) is 3.52. The van der Waals surface area contributed by atoms with E-state index in [9.17, 15) is 13.2 Å². The quantitative estimate of drug-likeness (QED) is 0.859. The Balaban J connectivity index is 2.06. The van der Waals surface area contributed by atoms with Gasteiger partial charge in [0.05, 0.1) is 0 Å². The SMILES string of the molecule is NC1(c2cnc3nc(C(F)(F)F)nn3c2)CCCC1. The Labute approximate surface area is 106 Å². The number of rotatable bonds is 1. The fraction of sp³-hybridized carbons (Fsp3) is 0.545. The molecule has 0 aliphatic heterocycles. The maximum absolute atomic E-state index is 12.5. The lowest BCUT2D eigenvalue weighted by atomic mass is 9.92. The van der Waals surface area contributed by atoms with Crippen LogP contribution >= 0.6 is 0 Å². The van der Waals surface area contributed by atoms with Gasteiger partial charge in [-0.05, 0) is 12.8 Å². The Morgan fingerprint density at radius 1 is 1.26 bits per heavy atom. The van der Waals surface area contributed by atoms with Gasteiger partial charge in [0.25, 0.3) is 11.6 Å². The first kappa shape index (κ1) is 12.3. The fourth-order valence-corrected chi connectivity index (χ4v) is 2.45. The van der Waals surface area contributed by atoms with Crippen LogP contribution in [0.15, 0.2) is 12.4 Å². The van der Waals surface area contributed by atoms with E-state index in [4.69, 9.17) is 5.73 Å². The first-order valence-corrected chi connectivity index (χ1v) is 5.97. The fourth-order valence-electron chi connectivity index (χ4n) is 2.45. The van der Waals surface area contributed by atoms with E-state index in [1.54, 1.807) is 0 Å². The zero-order valence-electron chi connectivity index (χ0n) is 9.98. The highest BCUT2D eigenvalue weighted by atomic mass is 19.4. The molecule has 1 saturated carbocycles. The molecule has 1 fully saturated rings. The maximum atomic E-state index is 12.5. The molecule has 0 aromatic carbocycles. The number of nitrogens with two attached hydrogens (primary N) is 1. The summed E-state index contributed by atoms with van der Waals surface area (Å²) < 4.78 is 38.6. The van der Waals surface area contributed by atoms with Crippen molar-refractivity contribution in [2.75, 3.05) is 0 Å². The molecule has 0 bridgehead atoms. The molecule has 8 heteroatoms. The highest BCUT2D eigenvalue weighted by Crippen LogP contribution is 2.36. The normalized spacial score (nSPS) is 19.2. The molecule has 1 aliphatic carbocycles. The molecule has 3 rings (SSSR count). The molecule has 19 heavy (non-hydrogen) atoms. The molecular weight excluding hydrogens is 259 g/mol. The van der Waals surface area contributed by atoms with Gasteiger partial charge in [0.15, 0.2) is 0 Å². The van der Waals surface area contributed by atoms with Crippen LogP contribution in [0, 0.1) is 0 Å². The Kier molecular flexibility index (Phi) is 2.53. The number of nitrogens with zero attached hydrogens (tertiary/aromatic N) is 4. The Morgan fingerprint density at radius 3 is 2.58 bits per heavy atom. The number of halogens is 3. The number of hydrogen-bond acceptors (Lipinski definition) is 4. The summed E-state index contributed by atoms with van der Waals surface area (Å²) in [4.78, 5) is 7.26. The molecule has 0 unspecified atom stereocenters. The molecule has 0 atom stereocenters. The van der Waals surface area contributed by atoms with Crippen LogP contribution in [-0.4, -0.2) is 19.6 Å². The highest BCUT2D eigenvalue weighted by Gasteiger charge is 2.37. The predicted octanol–water partition coefficient (Wildman–Crippen LogP) is 1.87. The average Bonchev–Trinajstić information content (AvgIpc) is 2.93. The first-order valence-electron chi connectivity index (χ1n) is 5.97. The van der Waals surface area contributed by atoms with Crippen molar-refractivity contribution >= 4 is 5.78 Å². The minimum Gasteiger partial charge on any atom is -0.321 e. The van der Waals surface area contributed by atoms with Crippen LogP contribution in [0.5, 0.6) is 0 Å². The van der Waals surface area contributed by atoms with Crippen molar-refractivity contribution < 1.29 is 13.2 Å². The van der Waals surface area contributed by atoms with Gasteiger partial charge in [0.1, 0.15) is 0 Å². The molecule has 5 nitrogen and oxygen atoms in total. The summed E-state index contributed by atoms with van der Waals surface area (Å²) in [6.45, 7) is 0. The van der Waals surface area contributed by atoms with E-state index in [0.29, 0.717) is 5.56 Å². The molecular formula is C11H12F3N5. The van der Waals surface area contributed by atoms with Crippen LogP contribution in [0.3, 0.4) is 0 Å². The van der Waals surface area contributed by atoms with Crippen LogP contribution in [-0.2, 0) is 11.7 Å². The smallest absolute Gasteiger partial charge is 0.321 e. The van der Waals surface area contributed by atoms with Crippen molar-refractivity contribution in [3.8, 4) is 0 Å². The summed E-state index contributed by atoms with van der Waals surface area (Å²) in [5.41, 5.74) is 6.44. The van der Waals surface area contributed by atoms with E-state index in [1.165, 1.54) is 12.4 Å². The number of hydrogen-bond donors (Lipinski definition) is 1. The van der Waals surface area contributed by atoms with Gasteiger partial charge in [0, 0.05) is 23.5 Å². The van der Waals surface area contributed by atoms with Crippen molar-refractivity contribution in [3.63, 3.8) is 0 Å². The van der Waals surface area contributed by atoms with Crippen molar-refractivity contribution in [1.29, 1.82) is 0 Å². The maximum Gasteiger partial charge on any atom is 0.453 e. The monoisotopic (exact) mass is 271 g/mol. The van der Waals surface area contributed by atoms with Crippen LogP contribution in [0.4, 0.5) is 13.2 Å². The zero-order chi connectivity index (χ0) is 13.7. The van der Waals surface area contributed by atoms with E-state index >= 15 is 0 Å². The molecule has 2 aromatic heterocycles. The second kappa shape index (κ2) is 3.89. The van der Waals surface area contributed by atoms with E-state index in [0.717, 1.165) is 30.2 Å². The molecule has 102 valence electrons. The minimum atomic E-state index is -4.57. The van der Waals surface area contributed by atoms with Crippen molar-refractivity contribution in [2.24, 2.45) is 5.73 Å². The van der Waals surface area contributed by atoms with Gasteiger partial charge < -0.3 is 5.73 Å². The number of fused-ring (bicyclic) bond motifs is 1. The molecule has 2 heterocycles. The van der Waals surface area contributed by atoms with E-state index in [2.05, 4.69) is 15.1 Å². The molecule has 2 N–H and O–H groups in total. The van der Waals surface area contributed by atoms with Gasteiger partial charge in [-0.15, -0.1) is 5.10 Å². The first-order chi connectivity index (χ1) is 8.88. The second-order valence-electron chi connectivity index (χ2n) is 4.88. The van der Waals surface area contributed by atoms with Crippen LogP contribution in [0.2, 0.25) is 0 Å². The van der Waals surface area contributed by atoms with E-state index in [1.807, 2.05) is 0 Å². The lowest BCUT2D eigenvalue weighted by molar-refractivity contribution is -0.144. The topological polar surface area (TPSA) is 69.1 Å². The van der Waals surface area contributed by atoms with E-state index in [-0.39, 0.29) is 5.78 Å². The largest absolute Gasteiger partial charge is 0.453 e. The van der Waals surface area contributed by atoms with Crippen LogP contribution in [0.1, 0.15) is 37.1 Å². The van der Waals surface area contributed by atoms with Crippen molar-refractivity contribution in [1.82, 2.24) is 19.6 Å². The Hall–Kier alpha value is -1.70. The molecule has 0 radical (unpaired) electrons. The van der Waals surface area contributed by atoms with Crippen molar-refractivity contribution in [3.05, 3.63) is 23.8 Å². The molecule has 0 saturated heterocycles. The van der Waals surface area contributed by atoms with Gasteiger partial charge in [-0.1, -0.05) is 12.8 Å².